The Hall–Kier alpha value is -2.35. The van der Waals surface area contributed by atoms with Crippen molar-refractivity contribution in [3.05, 3.63) is 45.7 Å². The molecule has 0 saturated carbocycles. The predicted molar refractivity (Wildman–Crippen MR) is 103 cm³/mol. The van der Waals surface area contributed by atoms with Gasteiger partial charge >= 0.3 is 6.09 Å². The SMILES string of the molecule is CCCCOC(=O)/N=c1/n(C)ccn1Cc1cc(Br)c2c(c1)C(=O)CCO2. The third-order valence-electron chi connectivity index (χ3n) is 4.29. The van der Waals surface area contributed by atoms with Crippen LogP contribution in [-0.2, 0) is 18.3 Å². The van der Waals surface area contributed by atoms with Gasteiger partial charge in [0.05, 0.1) is 29.8 Å². The standard InChI is InChI=1S/C19H22BrN3O4/c1-3-4-8-27-19(25)21-18-22(2)6-7-23(18)12-13-10-14-16(24)5-9-26-17(14)15(20)11-13/h6-7,10-11H,3-5,8-9,12H2,1-2H3/b21-18-. The number of benzene rings is 1. The molecule has 0 N–H and O–H groups in total. The van der Waals surface area contributed by atoms with Crippen molar-refractivity contribution < 1.29 is 19.1 Å². The molecule has 2 aromatic rings. The van der Waals surface area contributed by atoms with Crippen molar-refractivity contribution in [2.45, 2.75) is 32.7 Å². The van der Waals surface area contributed by atoms with Crippen LogP contribution in [0.3, 0.4) is 0 Å². The summed E-state index contributed by atoms with van der Waals surface area (Å²) in [5, 5.41) is 0. The van der Waals surface area contributed by atoms with Crippen LogP contribution in [0.1, 0.15) is 42.1 Å². The van der Waals surface area contributed by atoms with E-state index < -0.39 is 6.09 Å². The Morgan fingerprint density at radius 1 is 1.37 bits per heavy atom. The second kappa shape index (κ2) is 8.56. The summed E-state index contributed by atoms with van der Waals surface area (Å²) < 4.78 is 15.1. The third-order valence-corrected chi connectivity index (χ3v) is 4.88. The minimum atomic E-state index is -0.603. The summed E-state index contributed by atoms with van der Waals surface area (Å²) in [5.74, 6) is 0.666. The summed E-state index contributed by atoms with van der Waals surface area (Å²) in [6, 6.07) is 3.76. The van der Waals surface area contributed by atoms with Gasteiger partial charge in [0.2, 0.25) is 5.62 Å². The van der Waals surface area contributed by atoms with E-state index in [0.717, 1.165) is 22.9 Å². The summed E-state index contributed by atoms with van der Waals surface area (Å²) >= 11 is 3.48. The molecular weight excluding hydrogens is 414 g/mol. The van der Waals surface area contributed by atoms with Crippen LogP contribution in [0.2, 0.25) is 0 Å². The van der Waals surface area contributed by atoms with E-state index >= 15 is 0 Å². The Balaban J connectivity index is 1.87. The zero-order valence-electron chi connectivity index (χ0n) is 15.4. The Bertz CT molecular complexity index is 930. The molecule has 7 nitrogen and oxygen atoms in total. The van der Waals surface area contributed by atoms with Crippen LogP contribution in [0, 0.1) is 0 Å². The fourth-order valence-electron chi connectivity index (χ4n) is 2.87. The van der Waals surface area contributed by atoms with Crippen LogP contribution in [0.5, 0.6) is 5.75 Å². The summed E-state index contributed by atoms with van der Waals surface area (Å²) in [7, 11) is 1.81. The van der Waals surface area contributed by atoms with Crippen LogP contribution in [0.4, 0.5) is 4.79 Å². The van der Waals surface area contributed by atoms with Crippen LogP contribution < -0.4 is 10.4 Å². The summed E-state index contributed by atoms with van der Waals surface area (Å²) in [6.07, 6.45) is 5.20. The number of rotatable bonds is 5. The monoisotopic (exact) mass is 435 g/mol. The molecule has 2 heterocycles. The number of halogens is 1. The Kier molecular flexibility index (Phi) is 6.15. The van der Waals surface area contributed by atoms with Crippen molar-refractivity contribution in [2.24, 2.45) is 12.0 Å². The number of ether oxygens (including phenoxy) is 2. The molecule has 1 aliphatic heterocycles. The fraction of sp³-hybridized carbons (Fsp3) is 0.421. The largest absolute Gasteiger partial charge is 0.491 e. The topological polar surface area (TPSA) is 74.8 Å². The van der Waals surface area contributed by atoms with E-state index in [0.29, 0.717) is 43.1 Å². The second-order valence-electron chi connectivity index (χ2n) is 6.39. The lowest BCUT2D eigenvalue weighted by Gasteiger charge is -2.19. The average Bonchev–Trinajstić information content (AvgIpc) is 2.96. The lowest BCUT2D eigenvalue weighted by molar-refractivity contribution is 0.0932. The normalized spacial score (nSPS) is 14.0. The van der Waals surface area contributed by atoms with Gasteiger partial charge in [-0.15, -0.1) is 4.99 Å². The summed E-state index contributed by atoms with van der Waals surface area (Å²) in [5.41, 5.74) is 1.97. The molecule has 27 heavy (non-hydrogen) atoms. The smallest absolute Gasteiger partial charge is 0.436 e. The number of imidazole rings is 1. The van der Waals surface area contributed by atoms with Gasteiger partial charge < -0.3 is 18.6 Å². The van der Waals surface area contributed by atoms with Gasteiger partial charge in [-0.05, 0) is 40.0 Å². The molecule has 8 heteroatoms. The molecule has 0 aliphatic carbocycles. The molecule has 144 valence electrons. The molecule has 0 unspecified atom stereocenters. The number of nitrogens with zero attached hydrogens (tertiary/aromatic N) is 3. The van der Waals surface area contributed by atoms with Gasteiger partial charge in [0.25, 0.3) is 0 Å². The molecule has 1 aromatic heterocycles. The first-order chi connectivity index (χ1) is 13.0. The molecular formula is C19H22BrN3O4. The molecule has 0 bridgehead atoms. The average molecular weight is 436 g/mol. The van der Waals surface area contributed by atoms with E-state index in [1.54, 1.807) is 4.57 Å². The highest BCUT2D eigenvalue weighted by atomic mass is 79.9. The van der Waals surface area contributed by atoms with Crippen molar-refractivity contribution in [3.63, 3.8) is 0 Å². The second-order valence-corrected chi connectivity index (χ2v) is 7.25. The molecule has 0 saturated heterocycles. The highest BCUT2D eigenvalue weighted by Crippen LogP contribution is 2.34. The van der Waals surface area contributed by atoms with Crippen molar-refractivity contribution in [2.75, 3.05) is 13.2 Å². The Morgan fingerprint density at radius 2 is 2.19 bits per heavy atom. The van der Waals surface area contributed by atoms with Gasteiger partial charge in [0.1, 0.15) is 5.75 Å². The predicted octanol–water partition coefficient (Wildman–Crippen LogP) is 3.44. The molecule has 0 atom stereocenters. The van der Waals surface area contributed by atoms with Crippen molar-refractivity contribution in [3.8, 4) is 5.75 Å². The minimum absolute atomic E-state index is 0.0706. The van der Waals surface area contributed by atoms with E-state index in [1.165, 1.54) is 0 Å². The Labute approximate surface area is 165 Å². The maximum atomic E-state index is 12.2. The first-order valence-corrected chi connectivity index (χ1v) is 9.70. The van der Waals surface area contributed by atoms with E-state index in [1.807, 2.05) is 43.1 Å². The molecule has 1 amide bonds. The van der Waals surface area contributed by atoms with Crippen molar-refractivity contribution in [1.29, 1.82) is 0 Å². The van der Waals surface area contributed by atoms with E-state index in [9.17, 15) is 9.59 Å². The number of carbonyl (C=O) groups is 2. The molecule has 1 aromatic carbocycles. The number of aryl methyl sites for hydroxylation is 1. The van der Waals surface area contributed by atoms with Crippen molar-refractivity contribution in [1.82, 2.24) is 9.13 Å². The number of ketones is 1. The van der Waals surface area contributed by atoms with Gasteiger partial charge in [0.15, 0.2) is 5.78 Å². The number of amides is 1. The number of hydrogen-bond donors (Lipinski definition) is 0. The lowest BCUT2D eigenvalue weighted by atomic mass is 10.0. The highest BCUT2D eigenvalue weighted by molar-refractivity contribution is 9.10. The fourth-order valence-corrected chi connectivity index (χ4v) is 3.49. The molecule has 0 fully saturated rings. The van der Waals surface area contributed by atoms with Crippen LogP contribution in [0.15, 0.2) is 34.0 Å². The first-order valence-electron chi connectivity index (χ1n) is 8.91. The van der Waals surface area contributed by atoms with E-state index in [2.05, 4.69) is 20.9 Å². The maximum Gasteiger partial charge on any atom is 0.436 e. The molecule has 3 rings (SSSR count). The van der Waals surface area contributed by atoms with Gasteiger partial charge in [-0.25, -0.2) is 4.79 Å². The number of hydrogen-bond acceptors (Lipinski definition) is 4. The maximum absolute atomic E-state index is 12.2. The first kappa shape index (κ1) is 19.4. The highest BCUT2D eigenvalue weighted by Gasteiger charge is 2.22. The summed E-state index contributed by atoms with van der Waals surface area (Å²) in [4.78, 5) is 28.2. The molecule has 1 aliphatic rings. The Morgan fingerprint density at radius 3 is 2.96 bits per heavy atom. The van der Waals surface area contributed by atoms with E-state index in [4.69, 9.17) is 9.47 Å². The molecule has 0 radical (unpaired) electrons. The van der Waals surface area contributed by atoms with Crippen LogP contribution in [-0.4, -0.2) is 34.2 Å². The van der Waals surface area contributed by atoms with Crippen LogP contribution in [0.25, 0.3) is 0 Å². The van der Waals surface area contributed by atoms with Gasteiger partial charge in [-0.2, -0.15) is 0 Å². The van der Waals surface area contributed by atoms with Gasteiger partial charge in [0, 0.05) is 25.9 Å². The van der Waals surface area contributed by atoms with Crippen molar-refractivity contribution >= 4 is 27.8 Å². The zero-order chi connectivity index (χ0) is 19.4. The lowest BCUT2D eigenvalue weighted by Crippen LogP contribution is -2.26. The van der Waals surface area contributed by atoms with E-state index in [-0.39, 0.29) is 5.78 Å². The molecule has 0 spiro atoms. The zero-order valence-corrected chi connectivity index (χ0v) is 17.0. The van der Waals surface area contributed by atoms with Crippen LogP contribution >= 0.6 is 15.9 Å². The number of fused-ring (bicyclic) bond motifs is 1. The minimum Gasteiger partial charge on any atom is -0.491 e. The summed E-state index contributed by atoms with van der Waals surface area (Å²) in [6.45, 7) is 3.26. The van der Waals surface area contributed by atoms with Gasteiger partial charge in [-0.1, -0.05) is 13.3 Å². The van der Waals surface area contributed by atoms with Gasteiger partial charge in [-0.3, -0.25) is 4.79 Å². The number of aromatic nitrogens is 2. The number of unbranched alkanes of at least 4 members (excludes halogenated alkanes) is 1. The third kappa shape index (κ3) is 4.50. The quantitative estimate of drug-likeness (QED) is 0.674. The number of Topliss-reactive ketones (excluding diaryl/α,β-unsaturated/α-hetero) is 1. The number of carbonyl (C=O) groups excluding carboxylic acids is 2.